The SMILES string of the molecule is C=CCc1ccccc1SC(N)=S.[Zn]. The minimum atomic E-state index is 0. The monoisotopic (exact) mass is 273 g/mol. The molecule has 4 heteroatoms. The molecule has 0 unspecified atom stereocenters. The normalized spacial score (nSPS) is 8.86. The van der Waals surface area contributed by atoms with Gasteiger partial charge in [0, 0.05) is 24.4 Å². The summed E-state index contributed by atoms with van der Waals surface area (Å²) < 4.78 is 0.455. The van der Waals surface area contributed by atoms with Crippen molar-refractivity contribution in [3.63, 3.8) is 0 Å². The fraction of sp³-hybridized carbons (Fsp3) is 0.100. The van der Waals surface area contributed by atoms with Crippen molar-refractivity contribution in [1.82, 2.24) is 0 Å². The molecule has 0 heterocycles. The summed E-state index contributed by atoms with van der Waals surface area (Å²) in [4.78, 5) is 1.12. The second-order valence-corrected chi connectivity index (χ2v) is 4.30. The van der Waals surface area contributed by atoms with E-state index in [1.807, 2.05) is 24.3 Å². The Balaban J connectivity index is 0.00000169. The number of hydrogen-bond donors (Lipinski definition) is 1. The van der Waals surface area contributed by atoms with E-state index in [9.17, 15) is 0 Å². The molecule has 0 bridgehead atoms. The molecule has 14 heavy (non-hydrogen) atoms. The molecular weight excluding hydrogens is 264 g/mol. The van der Waals surface area contributed by atoms with Crippen LogP contribution in [0.3, 0.4) is 0 Å². The van der Waals surface area contributed by atoms with E-state index in [1.165, 1.54) is 17.3 Å². The molecule has 0 saturated heterocycles. The smallest absolute Gasteiger partial charge is 0.136 e. The van der Waals surface area contributed by atoms with Gasteiger partial charge in [0.1, 0.15) is 4.32 Å². The average Bonchev–Trinajstić information content (AvgIpc) is 2.08. The number of hydrogen-bond acceptors (Lipinski definition) is 2. The summed E-state index contributed by atoms with van der Waals surface area (Å²) in [6, 6.07) is 8.06. The summed E-state index contributed by atoms with van der Waals surface area (Å²) >= 11 is 6.26. The van der Waals surface area contributed by atoms with Gasteiger partial charge < -0.3 is 5.73 Å². The van der Waals surface area contributed by atoms with Crippen LogP contribution in [0, 0.1) is 0 Å². The zero-order chi connectivity index (χ0) is 9.68. The molecule has 1 rings (SSSR count). The third-order valence-electron chi connectivity index (χ3n) is 1.55. The Bertz CT molecular complexity index is 326. The molecular formula is C10H11NS2Zn. The molecule has 1 nitrogen and oxygen atoms in total. The van der Waals surface area contributed by atoms with Gasteiger partial charge in [-0.15, -0.1) is 6.58 Å². The Morgan fingerprint density at radius 2 is 2.14 bits per heavy atom. The van der Waals surface area contributed by atoms with Crippen molar-refractivity contribution >= 4 is 28.3 Å². The Labute approximate surface area is 107 Å². The van der Waals surface area contributed by atoms with Crippen LogP contribution in [-0.2, 0) is 25.9 Å². The van der Waals surface area contributed by atoms with Gasteiger partial charge in [0.05, 0.1) is 0 Å². The first-order valence-corrected chi connectivity index (χ1v) is 5.12. The van der Waals surface area contributed by atoms with Crippen molar-refractivity contribution < 1.29 is 19.5 Å². The molecule has 0 fully saturated rings. The van der Waals surface area contributed by atoms with Gasteiger partial charge >= 0.3 is 0 Å². The van der Waals surface area contributed by atoms with Crippen molar-refractivity contribution in [3.05, 3.63) is 42.5 Å². The third-order valence-corrected chi connectivity index (χ3v) is 2.62. The van der Waals surface area contributed by atoms with Crippen LogP contribution in [0.4, 0.5) is 0 Å². The van der Waals surface area contributed by atoms with Crippen molar-refractivity contribution in [1.29, 1.82) is 0 Å². The third kappa shape index (κ3) is 4.36. The van der Waals surface area contributed by atoms with E-state index in [1.54, 1.807) is 0 Å². The van der Waals surface area contributed by atoms with Gasteiger partial charge in [-0.3, -0.25) is 0 Å². The summed E-state index contributed by atoms with van der Waals surface area (Å²) in [5.74, 6) is 0. The molecule has 0 aliphatic rings. The van der Waals surface area contributed by atoms with Gasteiger partial charge in [-0.25, -0.2) is 0 Å². The van der Waals surface area contributed by atoms with E-state index in [0.717, 1.165) is 11.3 Å². The fourth-order valence-corrected chi connectivity index (χ4v) is 1.95. The predicted octanol–water partition coefficient (Wildman–Crippen LogP) is 2.75. The minimum Gasteiger partial charge on any atom is -0.384 e. The van der Waals surface area contributed by atoms with Crippen molar-refractivity contribution in [3.8, 4) is 0 Å². The molecule has 0 aliphatic carbocycles. The van der Waals surface area contributed by atoms with Gasteiger partial charge in [0.15, 0.2) is 0 Å². The Hall–Kier alpha value is -0.177. The van der Waals surface area contributed by atoms with E-state index in [2.05, 4.69) is 12.6 Å². The van der Waals surface area contributed by atoms with E-state index in [-0.39, 0.29) is 19.5 Å². The van der Waals surface area contributed by atoms with Crippen LogP contribution >= 0.6 is 24.0 Å². The molecule has 0 aliphatic heterocycles. The van der Waals surface area contributed by atoms with Crippen LogP contribution in [0.1, 0.15) is 5.56 Å². The van der Waals surface area contributed by atoms with Gasteiger partial charge in [0.25, 0.3) is 0 Å². The van der Waals surface area contributed by atoms with Crippen LogP contribution in [0.15, 0.2) is 41.8 Å². The number of thioether (sulfide) groups is 1. The summed E-state index contributed by atoms with van der Waals surface area (Å²) in [6.07, 6.45) is 2.73. The predicted molar refractivity (Wildman–Crippen MR) is 63.0 cm³/mol. The zero-order valence-corrected chi connectivity index (χ0v) is 12.5. The summed E-state index contributed by atoms with van der Waals surface area (Å²) in [5.41, 5.74) is 6.68. The van der Waals surface area contributed by atoms with Gasteiger partial charge in [-0.2, -0.15) is 0 Å². The van der Waals surface area contributed by atoms with Crippen LogP contribution < -0.4 is 5.73 Å². The summed E-state index contributed by atoms with van der Waals surface area (Å²) in [6.45, 7) is 3.70. The maximum absolute atomic E-state index is 5.46. The molecule has 0 spiro atoms. The van der Waals surface area contributed by atoms with Gasteiger partial charge in [-0.05, 0) is 18.1 Å². The fourth-order valence-electron chi connectivity index (χ4n) is 1.04. The van der Waals surface area contributed by atoms with E-state index >= 15 is 0 Å². The number of benzene rings is 1. The summed E-state index contributed by atoms with van der Waals surface area (Å²) in [7, 11) is 0. The molecule has 0 atom stereocenters. The zero-order valence-electron chi connectivity index (χ0n) is 7.90. The first-order chi connectivity index (χ1) is 6.24. The van der Waals surface area contributed by atoms with Crippen LogP contribution in [0.2, 0.25) is 0 Å². The maximum atomic E-state index is 5.46. The van der Waals surface area contributed by atoms with Crippen LogP contribution in [-0.4, -0.2) is 4.32 Å². The molecule has 0 amide bonds. The number of nitrogens with two attached hydrogens (primary N) is 1. The number of rotatable bonds is 3. The first kappa shape index (κ1) is 13.8. The van der Waals surface area contributed by atoms with Gasteiger partial charge in [-0.1, -0.05) is 48.3 Å². The van der Waals surface area contributed by atoms with Crippen molar-refractivity contribution in [2.75, 3.05) is 0 Å². The topological polar surface area (TPSA) is 26.0 Å². The number of thiocarbonyl (C=S) groups is 1. The quantitative estimate of drug-likeness (QED) is 0.397. The molecule has 70 valence electrons. The minimum absolute atomic E-state index is 0. The molecule has 1 aromatic carbocycles. The second-order valence-electron chi connectivity index (χ2n) is 2.52. The van der Waals surface area contributed by atoms with Crippen molar-refractivity contribution in [2.24, 2.45) is 5.73 Å². The average molecular weight is 275 g/mol. The molecule has 0 aromatic heterocycles. The first-order valence-electron chi connectivity index (χ1n) is 3.90. The van der Waals surface area contributed by atoms with E-state index < -0.39 is 0 Å². The van der Waals surface area contributed by atoms with E-state index in [4.69, 9.17) is 18.0 Å². The molecule has 0 radical (unpaired) electrons. The second kappa shape index (κ2) is 7.16. The van der Waals surface area contributed by atoms with Crippen molar-refractivity contribution in [2.45, 2.75) is 11.3 Å². The van der Waals surface area contributed by atoms with Gasteiger partial charge in [0.2, 0.25) is 0 Å². The van der Waals surface area contributed by atoms with Crippen LogP contribution in [0.25, 0.3) is 0 Å². The molecule has 0 saturated carbocycles. The summed E-state index contributed by atoms with van der Waals surface area (Å²) in [5, 5.41) is 0. The maximum Gasteiger partial charge on any atom is 0.136 e. The molecule has 1 aromatic rings. The Morgan fingerprint density at radius 1 is 1.50 bits per heavy atom. The number of allylic oxidation sites excluding steroid dienone is 1. The van der Waals surface area contributed by atoms with E-state index in [0.29, 0.717) is 4.32 Å². The Morgan fingerprint density at radius 3 is 2.71 bits per heavy atom. The Kier molecular flexibility index (Phi) is 7.07. The largest absolute Gasteiger partial charge is 0.384 e. The molecule has 2 N–H and O–H groups in total. The van der Waals surface area contributed by atoms with Crippen LogP contribution in [0.5, 0.6) is 0 Å². The standard InChI is InChI=1S/C10H11NS2.Zn/c1-2-5-8-6-3-4-7-9(8)13-10(11)12;/h2-4,6-7H,1,5H2,(H2,11,12);.